The van der Waals surface area contributed by atoms with Crippen LogP contribution in [-0.2, 0) is 19.6 Å². The predicted octanol–water partition coefficient (Wildman–Crippen LogP) is 1.62. The molecule has 2 aliphatic carbocycles. The van der Waals surface area contributed by atoms with E-state index in [0.717, 1.165) is 6.42 Å². The van der Waals surface area contributed by atoms with Gasteiger partial charge >= 0.3 is 0 Å². The topological polar surface area (TPSA) is 97.5 Å². The van der Waals surface area contributed by atoms with Crippen molar-refractivity contribution in [1.82, 2.24) is 0 Å². The standard InChI is InChI=1S/C15H14Br2N2O4S/c16-12-8-5-9(13(12)17)11-10(8)14(20)19(15(11)21)6-1-3-7(4-2-6)24(18,22)23/h1-4,8-13H,5H2,(H2,18,22,23)/t8-,9-,10-,11-,12-,13+/m0/s1. The van der Waals surface area contributed by atoms with Crippen LogP contribution in [0.2, 0.25) is 0 Å². The van der Waals surface area contributed by atoms with Crippen molar-refractivity contribution in [3.63, 3.8) is 0 Å². The number of hydrogen-bond acceptors (Lipinski definition) is 4. The Kier molecular flexibility index (Phi) is 3.73. The van der Waals surface area contributed by atoms with Crippen molar-refractivity contribution in [3.05, 3.63) is 24.3 Å². The van der Waals surface area contributed by atoms with Gasteiger partial charge in [0.05, 0.1) is 22.4 Å². The lowest BCUT2D eigenvalue weighted by molar-refractivity contribution is -0.123. The fraction of sp³-hybridized carbons (Fsp3) is 0.467. The molecule has 0 radical (unpaired) electrons. The summed E-state index contributed by atoms with van der Waals surface area (Å²) in [6.45, 7) is 0. The van der Waals surface area contributed by atoms with Gasteiger partial charge in [-0.2, -0.15) is 0 Å². The summed E-state index contributed by atoms with van der Waals surface area (Å²) in [7, 11) is -3.81. The third-order valence-electron chi connectivity index (χ3n) is 5.41. The predicted molar refractivity (Wildman–Crippen MR) is 94.3 cm³/mol. The Labute approximate surface area is 156 Å². The highest BCUT2D eigenvalue weighted by molar-refractivity contribution is 9.12. The number of carbonyl (C=O) groups excluding carboxylic acids is 2. The fourth-order valence-corrected chi connectivity index (χ4v) is 6.78. The summed E-state index contributed by atoms with van der Waals surface area (Å²) in [6.07, 6.45) is 0.872. The number of carbonyl (C=O) groups is 2. The Bertz CT molecular complexity index is 810. The summed E-state index contributed by atoms with van der Waals surface area (Å²) in [4.78, 5) is 27.2. The van der Waals surface area contributed by atoms with Crippen molar-refractivity contribution >= 4 is 59.4 Å². The number of imide groups is 1. The molecular formula is C15H14Br2N2O4S. The van der Waals surface area contributed by atoms with Crippen LogP contribution in [0.25, 0.3) is 0 Å². The van der Waals surface area contributed by atoms with E-state index < -0.39 is 10.0 Å². The third kappa shape index (κ3) is 2.17. The van der Waals surface area contributed by atoms with E-state index in [1.807, 2.05) is 0 Å². The molecule has 6 nitrogen and oxygen atoms in total. The lowest BCUT2D eigenvalue weighted by Crippen LogP contribution is -2.37. The van der Waals surface area contributed by atoms with E-state index in [9.17, 15) is 18.0 Å². The highest BCUT2D eigenvalue weighted by atomic mass is 79.9. The minimum atomic E-state index is -3.81. The number of fused-ring (bicyclic) bond motifs is 5. The van der Waals surface area contributed by atoms with E-state index in [0.29, 0.717) is 5.69 Å². The SMILES string of the molecule is NS(=O)(=O)c1ccc(N2C(=O)[C@H]3[C@@H]4C[C@H]([C@@H](Br)[C@H]4Br)[C@@H]3C2=O)cc1. The molecule has 128 valence electrons. The van der Waals surface area contributed by atoms with Gasteiger partial charge in [0, 0.05) is 9.65 Å². The molecule has 2 N–H and O–H groups in total. The van der Waals surface area contributed by atoms with Crippen LogP contribution in [0, 0.1) is 23.7 Å². The Balaban J connectivity index is 1.69. The van der Waals surface area contributed by atoms with Crippen molar-refractivity contribution < 1.29 is 18.0 Å². The number of amides is 2. The smallest absolute Gasteiger partial charge is 0.238 e. The summed E-state index contributed by atoms with van der Waals surface area (Å²) in [5.74, 6) is -0.671. The molecule has 1 aromatic rings. The van der Waals surface area contributed by atoms with E-state index in [1.54, 1.807) is 0 Å². The second-order valence-electron chi connectivity index (χ2n) is 6.55. The van der Waals surface area contributed by atoms with E-state index in [4.69, 9.17) is 5.14 Å². The number of nitrogens with zero attached hydrogens (tertiary/aromatic N) is 1. The Morgan fingerprint density at radius 2 is 1.42 bits per heavy atom. The minimum absolute atomic E-state index is 0.0494. The van der Waals surface area contributed by atoms with Crippen LogP contribution in [0.3, 0.4) is 0 Å². The highest BCUT2D eigenvalue weighted by Gasteiger charge is 2.66. The van der Waals surface area contributed by atoms with Gasteiger partial charge in [0.25, 0.3) is 0 Å². The summed E-state index contributed by atoms with van der Waals surface area (Å²) in [6, 6.07) is 5.54. The zero-order chi connectivity index (χ0) is 17.4. The fourth-order valence-electron chi connectivity index (χ4n) is 4.39. The molecule has 24 heavy (non-hydrogen) atoms. The second-order valence-corrected chi connectivity index (χ2v) is 10.2. The van der Waals surface area contributed by atoms with E-state index in [-0.39, 0.29) is 50.0 Å². The van der Waals surface area contributed by atoms with Gasteiger partial charge < -0.3 is 0 Å². The summed E-state index contributed by atoms with van der Waals surface area (Å²) < 4.78 is 22.7. The van der Waals surface area contributed by atoms with Gasteiger partial charge in [-0.3, -0.25) is 14.5 Å². The number of sulfonamides is 1. The number of primary sulfonamides is 1. The van der Waals surface area contributed by atoms with Crippen LogP contribution in [0.1, 0.15) is 6.42 Å². The highest BCUT2D eigenvalue weighted by Crippen LogP contribution is 2.60. The van der Waals surface area contributed by atoms with Gasteiger partial charge in [-0.05, 0) is 42.5 Å². The number of anilines is 1. The van der Waals surface area contributed by atoms with E-state index in [2.05, 4.69) is 31.9 Å². The molecule has 4 rings (SSSR count). The van der Waals surface area contributed by atoms with Crippen LogP contribution in [0.4, 0.5) is 5.69 Å². The van der Waals surface area contributed by atoms with Crippen molar-refractivity contribution in [1.29, 1.82) is 0 Å². The van der Waals surface area contributed by atoms with Crippen molar-refractivity contribution in [2.24, 2.45) is 28.8 Å². The molecule has 2 amide bonds. The van der Waals surface area contributed by atoms with Crippen LogP contribution >= 0.6 is 31.9 Å². The molecule has 6 atom stereocenters. The van der Waals surface area contributed by atoms with E-state index in [1.165, 1.54) is 29.2 Å². The summed E-state index contributed by atoms with van der Waals surface area (Å²) in [5, 5.41) is 5.08. The zero-order valence-corrected chi connectivity index (χ0v) is 16.3. The first-order chi connectivity index (χ1) is 11.2. The van der Waals surface area contributed by atoms with Crippen molar-refractivity contribution in [2.45, 2.75) is 21.0 Å². The molecule has 0 spiro atoms. The molecule has 0 unspecified atom stereocenters. The number of hydrogen-bond donors (Lipinski definition) is 1. The zero-order valence-electron chi connectivity index (χ0n) is 12.3. The van der Waals surface area contributed by atoms with Crippen LogP contribution in [0.15, 0.2) is 29.2 Å². The van der Waals surface area contributed by atoms with Gasteiger partial charge in [0.15, 0.2) is 0 Å². The van der Waals surface area contributed by atoms with Gasteiger partial charge in [-0.1, -0.05) is 31.9 Å². The molecule has 3 aliphatic rings. The first-order valence-electron chi connectivity index (χ1n) is 7.50. The largest absolute Gasteiger partial charge is 0.274 e. The summed E-state index contributed by atoms with van der Waals surface area (Å²) in [5.41, 5.74) is 0.392. The average molecular weight is 478 g/mol. The average Bonchev–Trinajstić information content (AvgIpc) is 3.12. The van der Waals surface area contributed by atoms with Crippen molar-refractivity contribution in [3.8, 4) is 0 Å². The molecule has 9 heteroatoms. The molecule has 1 aliphatic heterocycles. The lowest BCUT2D eigenvalue weighted by atomic mass is 9.81. The molecule has 2 saturated carbocycles. The third-order valence-corrected chi connectivity index (χ3v) is 9.55. The second kappa shape index (κ2) is 5.36. The van der Waals surface area contributed by atoms with Gasteiger partial charge in [0.1, 0.15) is 0 Å². The maximum atomic E-state index is 12.8. The normalized spacial score (nSPS) is 38.0. The van der Waals surface area contributed by atoms with Crippen molar-refractivity contribution in [2.75, 3.05) is 4.90 Å². The van der Waals surface area contributed by atoms with Gasteiger partial charge in [0.2, 0.25) is 21.8 Å². The Morgan fingerprint density at radius 3 is 1.83 bits per heavy atom. The number of halogens is 2. The number of benzene rings is 1. The first kappa shape index (κ1) is 16.7. The first-order valence-corrected chi connectivity index (χ1v) is 10.9. The minimum Gasteiger partial charge on any atom is -0.274 e. The molecule has 1 aromatic carbocycles. The maximum Gasteiger partial charge on any atom is 0.238 e. The molecule has 1 saturated heterocycles. The molecule has 2 bridgehead atoms. The Hall–Kier alpha value is -0.770. The van der Waals surface area contributed by atoms with Crippen LogP contribution < -0.4 is 10.0 Å². The monoisotopic (exact) mass is 476 g/mol. The summed E-state index contributed by atoms with van der Waals surface area (Å²) >= 11 is 7.29. The number of rotatable bonds is 2. The quantitative estimate of drug-likeness (QED) is 0.516. The maximum absolute atomic E-state index is 12.8. The molecule has 3 fully saturated rings. The number of alkyl halides is 2. The molecular weight excluding hydrogens is 464 g/mol. The van der Waals surface area contributed by atoms with Gasteiger partial charge in [-0.25, -0.2) is 13.6 Å². The van der Waals surface area contributed by atoms with Gasteiger partial charge in [-0.15, -0.1) is 0 Å². The van der Waals surface area contributed by atoms with E-state index >= 15 is 0 Å². The molecule has 1 heterocycles. The molecule has 0 aromatic heterocycles. The number of nitrogens with two attached hydrogens (primary N) is 1. The van der Waals surface area contributed by atoms with Crippen LogP contribution in [-0.4, -0.2) is 29.9 Å². The lowest BCUT2D eigenvalue weighted by Gasteiger charge is -2.28. The van der Waals surface area contributed by atoms with Crippen LogP contribution in [0.5, 0.6) is 0 Å². The Morgan fingerprint density at radius 1 is 0.958 bits per heavy atom.